The SMILES string of the molecule is C=C(C(C)C)C1CCC(C)CC1C. The molecule has 0 aromatic carbocycles. The predicted molar refractivity (Wildman–Crippen MR) is 59.6 cm³/mol. The second-order valence-electron chi connectivity index (χ2n) is 5.23. The molecule has 1 saturated carbocycles. The van der Waals surface area contributed by atoms with Crippen molar-refractivity contribution in [3.05, 3.63) is 12.2 Å². The predicted octanol–water partition coefficient (Wildman–Crippen LogP) is 4.27. The molecule has 3 unspecified atom stereocenters. The van der Waals surface area contributed by atoms with Crippen molar-refractivity contribution in [2.45, 2.75) is 47.0 Å². The van der Waals surface area contributed by atoms with E-state index in [0.717, 1.165) is 17.8 Å². The van der Waals surface area contributed by atoms with Gasteiger partial charge in [0.1, 0.15) is 0 Å². The van der Waals surface area contributed by atoms with Crippen LogP contribution in [0.3, 0.4) is 0 Å². The molecule has 0 aromatic heterocycles. The summed E-state index contributed by atoms with van der Waals surface area (Å²) in [5.74, 6) is 3.27. The summed E-state index contributed by atoms with van der Waals surface area (Å²) in [5.41, 5.74) is 1.49. The van der Waals surface area contributed by atoms with Crippen LogP contribution in [0.15, 0.2) is 12.2 Å². The van der Waals surface area contributed by atoms with Crippen LogP contribution in [0.5, 0.6) is 0 Å². The van der Waals surface area contributed by atoms with Crippen LogP contribution in [-0.2, 0) is 0 Å². The lowest BCUT2D eigenvalue weighted by Gasteiger charge is -2.35. The Hall–Kier alpha value is -0.260. The summed E-state index contributed by atoms with van der Waals surface area (Å²) in [7, 11) is 0. The first-order chi connectivity index (χ1) is 6.02. The van der Waals surface area contributed by atoms with Crippen LogP contribution >= 0.6 is 0 Å². The van der Waals surface area contributed by atoms with Crippen LogP contribution in [0.2, 0.25) is 0 Å². The number of rotatable bonds is 2. The summed E-state index contributed by atoms with van der Waals surface area (Å²) in [6, 6.07) is 0. The van der Waals surface area contributed by atoms with Gasteiger partial charge in [-0.2, -0.15) is 0 Å². The van der Waals surface area contributed by atoms with E-state index >= 15 is 0 Å². The largest absolute Gasteiger partial charge is 0.0993 e. The van der Waals surface area contributed by atoms with E-state index in [-0.39, 0.29) is 0 Å². The van der Waals surface area contributed by atoms with Crippen molar-refractivity contribution in [1.29, 1.82) is 0 Å². The molecule has 0 aromatic rings. The van der Waals surface area contributed by atoms with E-state index in [0.29, 0.717) is 5.92 Å². The Labute approximate surface area is 83.4 Å². The van der Waals surface area contributed by atoms with Gasteiger partial charge in [-0.3, -0.25) is 0 Å². The second-order valence-corrected chi connectivity index (χ2v) is 5.23. The zero-order valence-electron chi connectivity index (χ0n) is 9.64. The first kappa shape index (κ1) is 10.8. The highest BCUT2D eigenvalue weighted by Crippen LogP contribution is 2.39. The first-order valence-electron chi connectivity index (χ1n) is 5.71. The highest BCUT2D eigenvalue weighted by molar-refractivity contribution is 5.06. The molecule has 0 bridgehead atoms. The molecule has 0 saturated heterocycles. The topological polar surface area (TPSA) is 0 Å². The van der Waals surface area contributed by atoms with Gasteiger partial charge in [0.05, 0.1) is 0 Å². The third kappa shape index (κ3) is 2.59. The van der Waals surface area contributed by atoms with Gasteiger partial charge in [-0.15, -0.1) is 0 Å². The summed E-state index contributed by atoms with van der Waals surface area (Å²) in [5, 5.41) is 0. The van der Waals surface area contributed by atoms with E-state index in [2.05, 4.69) is 34.3 Å². The summed E-state index contributed by atoms with van der Waals surface area (Å²) >= 11 is 0. The standard InChI is InChI=1S/C13H24/c1-9(2)12(5)13-7-6-10(3)8-11(13)4/h9-11,13H,5-8H2,1-4H3. The van der Waals surface area contributed by atoms with Gasteiger partial charge >= 0.3 is 0 Å². The molecule has 0 heteroatoms. The highest BCUT2D eigenvalue weighted by Gasteiger charge is 2.27. The first-order valence-corrected chi connectivity index (χ1v) is 5.71. The molecule has 0 heterocycles. The Bertz CT molecular complexity index is 178. The van der Waals surface area contributed by atoms with Gasteiger partial charge in [-0.05, 0) is 36.5 Å². The van der Waals surface area contributed by atoms with Crippen molar-refractivity contribution < 1.29 is 0 Å². The molecule has 13 heavy (non-hydrogen) atoms. The van der Waals surface area contributed by atoms with E-state index in [1.807, 2.05) is 0 Å². The molecule has 1 rings (SSSR count). The van der Waals surface area contributed by atoms with Crippen LogP contribution < -0.4 is 0 Å². The maximum Gasteiger partial charge on any atom is -0.0177 e. The Morgan fingerprint density at radius 1 is 1.23 bits per heavy atom. The number of allylic oxidation sites excluding steroid dienone is 1. The molecule has 0 radical (unpaired) electrons. The number of hydrogen-bond acceptors (Lipinski definition) is 0. The van der Waals surface area contributed by atoms with Gasteiger partial charge in [0, 0.05) is 0 Å². The van der Waals surface area contributed by atoms with Gasteiger partial charge in [0.15, 0.2) is 0 Å². The normalized spacial score (nSPS) is 35.0. The summed E-state index contributed by atoms with van der Waals surface area (Å²) in [6.07, 6.45) is 4.18. The van der Waals surface area contributed by atoms with Crippen LogP contribution in [0.25, 0.3) is 0 Å². The zero-order valence-corrected chi connectivity index (χ0v) is 9.64. The molecule has 0 amide bonds. The molecular weight excluding hydrogens is 156 g/mol. The Balaban J connectivity index is 2.56. The molecule has 3 atom stereocenters. The van der Waals surface area contributed by atoms with Crippen LogP contribution in [0.4, 0.5) is 0 Å². The Morgan fingerprint density at radius 3 is 2.31 bits per heavy atom. The molecule has 1 aliphatic carbocycles. The average Bonchev–Trinajstić information content (AvgIpc) is 2.03. The lowest BCUT2D eigenvalue weighted by molar-refractivity contribution is 0.224. The molecule has 0 spiro atoms. The van der Waals surface area contributed by atoms with Gasteiger partial charge in [-0.1, -0.05) is 46.3 Å². The molecule has 1 aliphatic rings. The van der Waals surface area contributed by atoms with Crippen molar-refractivity contribution in [3.63, 3.8) is 0 Å². The van der Waals surface area contributed by atoms with Gasteiger partial charge < -0.3 is 0 Å². The molecule has 76 valence electrons. The number of hydrogen-bond donors (Lipinski definition) is 0. The fourth-order valence-electron chi connectivity index (χ4n) is 2.64. The molecule has 0 N–H and O–H groups in total. The van der Waals surface area contributed by atoms with Crippen molar-refractivity contribution in [2.24, 2.45) is 23.7 Å². The minimum absolute atomic E-state index is 0.667. The third-order valence-electron chi connectivity index (χ3n) is 3.65. The lowest BCUT2D eigenvalue weighted by Crippen LogP contribution is -2.24. The average molecular weight is 180 g/mol. The van der Waals surface area contributed by atoms with Crippen LogP contribution in [0.1, 0.15) is 47.0 Å². The van der Waals surface area contributed by atoms with E-state index in [9.17, 15) is 0 Å². The Morgan fingerprint density at radius 2 is 1.85 bits per heavy atom. The van der Waals surface area contributed by atoms with Gasteiger partial charge in [0.2, 0.25) is 0 Å². The van der Waals surface area contributed by atoms with E-state index < -0.39 is 0 Å². The molecule has 1 fully saturated rings. The molecular formula is C13H24. The minimum Gasteiger partial charge on any atom is -0.0993 e. The van der Waals surface area contributed by atoms with Crippen molar-refractivity contribution in [3.8, 4) is 0 Å². The maximum absolute atomic E-state index is 4.25. The van der Waals surface area contributed by atoms with E-state index in [4.69, 9.17) is 0 Å². The Kier molecular flexibility index (Phi) is 3.58. The highest BCUT2D eigenvalue weighted by atomic mass is 14.3. The second kappa shape index (κ2) is 4.30. The maximum atomic E-state index is 4.25. The lowest BCUT2D eigenvalue weighted by atomic mass is 9.70. The van der Waals surface area contributed by atoms with Crippen molar-refractivity contribution in [2.75, 3.05) is 0 Å². The summed E-state index contributed by atoms with van der Waals surface area (Å²) in [6.45, 7) is 13.6. The summed E-state index contributed by atoms with van der Waals surface area (Å²) in [4.78, 5) is 0. The molecule has 0 nitrogen and oxygen atoms in total. The van der Waals surface area contributed by atoms with Crippen molar-refractivity contribution >= 4 is 0 Å². The van der Waals surface area contributed by atoms with Gasteiger partial charge in [0.25, 0.3) is 0 Å². The summed E-state index contributed by atoms with van der Waals surface area (Å²) < 4.78 is 0. The third-order valence-corrected chi connectivity index (χ3v) is 3.65. The zero-order chi connectivity index (χ0) is 10.0. The molecule has 0 aliphatic heterocycles. The minimum atomic E-state index is 0.667. The quantitative estimate of drug-likeness (QED) is 0.557. The smallest absolute Gasteiger partial charge is 0.0177 e. The van der Waals surface area contributed by atoms with E-state index in [1.165, 1.54) is 24.8 Å². The van der Waals surface area contributed by atoms with Crippen LogP contribution in [0, 0.1) is 23.7 Å². The van der Waals surface area contributed by atoms with Crippen molar-refractivity contribution in [1.82, 2.24) is 0 Å². The fraction of sp³-hybridized carbons (Fsp3) is 0.846. The van der Waals surface area contributed by atoms with Gasteiger partial charge in [-0.25, -0.2) is 0 Å². The van der Waals surface area contributed by atoms with E-state index in [1.54, 1.807) is 0 Å². The monoisotopic (exact) mass is 180 g/mol. The fourth-order valence-corrected chi connectivity index (χ4v) is 2.64. The van der Waals surface area contributed by atoms with Crippen LogP contribution in [-0.4, -0.2) is 0 Å².